The SMILES string of the molecule is CCn1c(NC(=O)c2ccc3cc4n(c3n2)[C@H](C)[C@@H](C)NC4=O)nc2ccccc21. The van der Waals surface area contributed by atoms with Crippen LogP contribution in [-0.4, -0.2) is 37.0 Å². The van der Waals surface area contributed by atoms with Crippen molar-refractivity contribution in [3.05, 3.63) is 53.9 Å². The van der Waals surface area contributed by atoms with Crippen molar-refractivity contribution in [2.45, 2.75) is 39.4 Å². The van der Waals surface area contributed by atoms with Crippen LogP contribution in [0.15, 0.2) is 42.5 Å². The Hall–Kier alpha value is -3.68. The first-order valence-corrected chi connectivity index (χ1v) is 10.1. The number of nitrogens with one attached hydrogen (secondary N) is 2. The summed E-state index contributed by atoms with van der Waals surface area (Å²) in [6, 6.07) is 13.1. The highest BCUT2D eigenvalue weighted by molar-refractivity contribution is 6.05. The van der Waals surface area contributed by atoms with E-state index in [-0.39, 0.29) is 29.6 Å². The van der Waals surface area contributed by atoms with E-state index in [1.165, 1.54) is 0 Å². The standard InChI is InChI=1S/C22H22N6O2/c1-4-27-17-8-6-5-7-15(17)25-22(27)26-20(29)16-10-9-14-11-18-21(30)23-12(2)13(3)28(18)19(14)24-16/h5-13H,4H2,1-3H3,(H,23,30)(H,25,26,29)/t12-,13-/m1/s1. The molecule has 0 fully saturated rings. The van der Waals surface area contributed by atoms with Crippen molar-refractivity contribution in [1.29, 1.82) is 0 Å². The molecule has 0 saturated heterocycles. The van der Waals surface area contributed by atoms with Crippen molar-refractivity contribution in [3.63, 3.8) is 0 Å². The number of benzene rings is 1. The zero-order valence-electron chi connectivity index (χ0n) is 17.0. The second kappa shape index (κ2) is 6.69. The molecule has 0 saturated carbocycles. The lowest BCUT2D eigenvalue weighted by Crippen LogP contribution is -2.44. The van der Waals surface area contributed by atoms with E-state index in [4.69, 9.17) is 0 Å². The number of aryl methyl sites for hydroxylation is 1. The van der Waals surface area contributed by atoms with E-state index < -0.39 is 0 Å². The Morgan fingerprint density at radius 3 is 2.77 bits per heavy atom. The molecule has 4 heterocycles. The van der Waals surface area contributed by atoms with Gasteiger partial charge in [-0.2, -0.15) is 0 Å². The average Bonchev–Trinajstić information content (AvgIpc) is 3.29. The molecular weight excluding hydrogens is 380 g/mol. The van der Waals surface area contributed by atoms with E-state index in [9.17, 15) is 9.59 Å². The minimum Gasteiger partial charge on any atom is -0.346 e. The lowest BCUT2D eigenvalue weighted by atomic mass is 10.1. The summed E-state index contributed by atoms with van der Waals surface area (Å²) in [6.45, 7) is 6.68. The molecule has 1 aliphatic rings. The number of fused-ring (bicyclic) bond motifs is 4. The van der Waals surface area contributed by atoms with Gasteiger partial charge in [-0.15, -0.1) is 0 Å². The third kappa shape index (κ3) is 2.67. The van der Waals surface area contributed by atoms with Crippen molar-refractivity contribution in [2.24, 2.45) is 0 Å². The summed E-state index contributed by atoms with van der Waals surface area (Å²) in [4.78, 5) is 34.5. The number of hydrogen-bond acceptors (Lipinski definition) is 4. The van der Waals surface area contributed by atoms with Crippen LogP contribution >= 0.6 is 0 Å². The highest BCUT2D eigenvalue weighted by Gasteiger charge is 2.30. The molecule has 4 aromatic rings. The third-order valence-electron chi connectivity index (χ3n) is 5.84. The second-order valence-corrected chi connectivity index (χ2v) is 7.63. The molecule has 0 unspecified atom stereocenters. The molecule has 152 valence electrons. The van der Waals surface area contributed by atoms with Crippen LogP contribution in [0.1, 0.15) is 47.8 Å². The Balaban J connectivity index is 1.54. The Morgan fingerprint density at radius 2 is 1.97 bits per heavy atom. The van der Waals surface area contributed by atoms with Gasteiger partial charge in [-0.3, -0.25) is 14.9 Å². The Morgan fingerprint density at radius 1 is 1.17 bits per heavy atom. The minimum atomic E-state index is -0.335. The van der Waals surface area contributed by atoms with Gasteiger partial charge in [0.25, 0.3) is 11.8 Å². The molecule has 0 spiro atoms. The van der Waals surface area contributed by atoms with Crippen LogP contribution in [0.4, 0.5) is 5.95 Å². The maximum atomic E-state index is 13.0. The molecule has 8 heteroatoms. The topological polar surface area (TPSA) is 93.8 Å². The largest absolute Gasteiger partial charge is 0.346 e. The fourth-order valence-electron chi connectivity index (χ4n) is 4.09. The van der Waals surface area contributed by atoms with Crippen molar-refractivity contribution in [3.8, 4) is 0 Å². The summed E-state index contributed by atoms with van der Waals surface area (Å²) in [5, 5.41) is 6.69. The number of rotatable bonds is 3. The number of hydrogen-bond donors (Lipinski definition) is 2. The van der Waals surface area contributed by atoms with Gasteiger partial charge in [0.2, 0.25) is 5.95 Å². The average molecular weight is 402 g/mol. The predicted molar refractivity (Wildman–Crippen MR) is 115 cm³/mol. The van der Waals surface area contributed by atoms with E-state index in [1.54, 1.807) is 6.07 Å². The second-order valence-electron chi connectivity index (χ2n) is 7.63. The van der Waals surface area contributed by atoms with Gasteiger partial charge in [0.1, 0.15) is 17.0 Å². The lowest BCUT2D eigenvalue weighted by Gasteiger charge is -2.29. The van der Waals surface area contributed by atoms with Gasteiger partial charge in [-0.05, 0) is 51.1 Å². The van der Waals surface area contributed by atoms with Crippen LogP contribution in [0, 0.1) is 0 Å². The van der Waals surface area contributed by atoms with Gasteiger partial charge in [-0.25, -0.2) is 9.97 Å². The van der Waals surface area contributed by atoms with Crippen LogP contribution in [0.2, 0.25) is 0 Å². The van der Waals surface area contributed by atoms with E-state index in [0.29, 0.717) is 23.8 Å². The highest BCUT2D eigenvalue weighted by atomic mass is 16.2. The first kappa shape index (κ1) is 18.4. The number of amides is 2. The maximum Gasteiger partial charge on any atom is 0.276 e. The molecule has 0 aliphatic carbocycles. The zero-order valence-corrected chi connectivity index (χ0v) is 17.0. The Labute approximate surface area is 172 Å². The summed E-state index contributed by atoms with van der Waals surface area (Å²) >= 11 is 0. The molecule has 5 rings (SSSR count). The van der Waals surface area contributed by atoms with E-state index in [1.807, 2.05) is 66.3 Å². The number of pyridine rings is 1. The number of nitrogens with zero attached hydrogens (tertiary/aromatic N) is 4. The molecule has 2 N–H and O–H groups in total. The monoisotopic (exact) mass is 402 g/mol. The molecule has 1 aromatic carbocycles. The molecule has 2 amide bonds. The number of carbonyl (C=O) groups is 2. The lowest BCUT2D eigenvalue weighted by molar-refractivity contribution is 0.0891. The fraction of sp³-hybridized carbons (Fsp3) is 0.273. The Bertz CT molecular complexity index is 1320. The Kier molecular flexibility index (Phi) is 4.09. The molecule has 2 atom stereocenters. The van der Waals surface area contributed by atoms with Gasteiger partial charge in [0.15, 0.2) is 0 Å². The minimum absolute atomic E-state index is 0.0238. The van der Waals surface area contributed by atoms with Crippen LogP contribution in [-0.2, 0) is 6.54 Å². The quantitative estimate of drug-likeness (QED) is 0.549. The summed E-state index contributed by atoms with van der Waals surface area (Å²) in [7, 11) is 0. The van der Waals surface area contributed by atoms with Crippen molar-refractivity contribution >= 4 is 39.8 Å². The molecule has 3 aromatic heterocycles. The number of para-hydroxylation sites is 2. The van der Waals surface area contributed by atoms with Crippen molar-refractivity contribution in [2.75, 3.05) is 5.32 Å². The van der Waals surface area contributed by atoms with Gasteiger partial charge < -0.3 is 14.5 Å². The molecule has 0 bridgehead atoms. The third-order valence-corrected chi connectivity index (χ3v) is 5.84. The summed E-state index contributed by atoms with van der Waals surface area (Å²) in [5.74, 6) is 0.0313. The summed E-state index contributed by atoms with van der Waals surface area (Å²) in [5.41, 5.74) is 3.27. The molecule has 0 radical (unpaired) electrons. The van der Waals surface area contributed by atoms with Crippen molar-refractivity contribution in [1.82, 2.24) is 24.4 Å². The van der Waals surface area contributed by atoms with Gasteiger partial charge in [-0.1, -0.05) is 12.1 Å². The van der Waals surface area contributed by atoms with E-state index in [0.717, 1.165) is 16.4 Å². The van der Waals surface area contributed by atoms with Gasteiger partial charge in [0, 0.05) is 18.0 Å². The number of aromatic nitrogens is 4. The van der Waals surface area contributed by atoms with Gasteiger partial charge >= 0.3 is 0 Å². The number of anilines is 1. The molecular formula is C22H22N6O2. The number of imidazole rings is 1. The van der Waals surface area contributed by atoms with Crippen LogP contribution in [0.25, 0.3) is 22.1 Å². The first-order valence-electron chi connectivity index (χ1n) is 10.1. The normalized spacial score (nSPS) is 18.4. The molecule has 30 heavy (non-hydrogen) atoms. The maximum absolute atomic E-state index is 13.0. The molecule has 8 nitrogen and oxygen atoms in total. The van der Waals surface area contributed by atoms with Crippen LogP contribution < -0.4 is 10.6 Å². The van der Waals surface area contributed by atoms with Crippen molar-refractivity contribution < 1.29 is 9.59 Å². The molecule has 1 aliphatic heterocycles. The van der Waals surface area contributed by atoms with E-state index >= 15 is 0 Å². The van der Waals surface area contributed by atoms with Crippen LogP contribution in [0.5, 0.6) is 0 Å². The predicted octanol–water partition coefficient (Wildman–Crippen LogP) is 3.35. The fourth-order valence-corrected chi connectivity index (χ4v) is 4.09. The van der Waals surface area contributed by atoms with E-state index in [2.05, 4.69) is 20.6 Å². The smallest absolute Gasteiger partial charge is 0.276 e. The first-order chi connectivity index (χ1) is 14.5. The number of carbonyl (C=O) groups excluding carboxylic acids is 2. The highest BCUT2D eigenvalue weighted by Crippen LogP contribution is 2.28. The summed E-state index contributed by atoms with van der Waals surface area (Å²) in [6.07, 6.45) is 0. The summed E-state index contributed by atoms with van der Waals surface area (Å²) < 4.78 is 3.87. The van der Waals surface area contributed by atoms with Crippen LogP contribution in [0.3, 0.4) is 0 Å². The zero-order chi connectivity index (χ0) is 21.0. The van der Waals surface area contributed by atoms with Gasteiger partial charge in [0.05, 0.1) is 17.1 Å².